The summed E-state index contributed by atoms with van der Waals surface area (Å²) in [6.07, 6.45) is -1.63. The summed E-state index contributed by atoms with van der Waals surface area (Å²) in [5, 5.41) is 9.21. The fourth-order valence-electron chi connectivity index (χ4n) is 1.30. The summed E-state index contributed by atoms with van der Waals surface area (Å²) in [4.78, 5) is 22.5. The average Bonchev–Trinajstić information content (AvgIpc) is 2.25. The molecule has 6 heteroatoms. The van der Waals surface area contributed by atoms with Crippen molar-refractivity contribution in [2.24, 2.45) is 0 Å². The number of rotatable bonds is 2. The van der Waals surface area contributed by atoms with Crippen LogP contribution in [0.3, 0.4) is 0 Å². The SMILES string of the molecule is C[CH2][Sn]1([CH2]C)[O]C(=O)CC(O)C(=O)[O]1. The van der Waals surface area contributed by atoms with Crippen LogP contribution in [0.5, 0.6) is 0 Å². The molecule has 1 aliphatic rings. The molecule has 1 saturated heterocycles. The molecule has 0 bridgehead atoms. The summed E-state index contributed by atoms with van der Waals surface area (Å²) in [7, 11) is 0. The zero-order valence-electron chi connectivity index (χ0n) is 8.28. The topological polar surface area (TPSA) is 72.8 Å². The summed E-state index contributed by atoms with van der Waals surface area (Å²) in [6, 6.07) is 0. The van der Waals surface area contributed by atoms with E-state index in [1.807, 2.05) is 13.8 Å². The summed E-state index contributed by atoms with van der Waals surface area (Å²) in [5.41, 5.74) is 0. The Labute approximate surface area is 87.3 Å². The molecule has 1 unspecified atom stereocenters. The van der Waals surface area contributed by atoms with Gasteiger partial charge < -0.3 is 0 Å². The van der Waals surface area contributed by atoms with E-state index in [0.717, 1.165) is 0 Å². The van der Waals surface area contributed by atoms with E-state index in [1.54, 1.807) is 0 Å². The summed E-state index contributed by atoms with van der Waals surface area (Å²) in [6.45, 7) is 3.69. The van der Waals surface area contributed by atoms with Crippen LogP contribution in [0.25, 0.3) is 0 Å². The van der Waals surface area contributed by atoms with Crippen LogP contribution in [0.4, 0.5) is 0 Å². The average molecular weight is 309 g/mol. The Hall–Kier alpha value is -0.301. The fourth-order valence-corrected chi connectivity index (χ4v) is 7.35. The van der Waals surface area contributed by atoms with Gasteiger partial charge in [-0.2, -0.15) is 0 Å². The first-order chi connectivity index (χ1) is 6.53. The van der Waals surface area contributed by atoms with Gasteiger partial charge in [-0.05, 0) is 0 Å². The van der Waals surface area contributed by atoms with Gasteiger partial charge in [0, 0.05) is 0 Å². The van der Waals surface area contributed by atoms with E-state index in [4.69, 9.17) is 6.15 Å². The van der Waals surface area contributed by atoms with Crippen molar-refractivity contribution in [1.29, 1.82) is 0 Å². The van der Waals surface area contributed by atoms with Gasteiger partial charge in [-0.15, -0.1) is 0 Å². The first-order valence-corrected chi connectivity index (χ1v) is 11.0. The van der Waals surface area contributed by atoms with Crippen molar-refractivity contribution >= 4 is 31.1 Å². The molecule has 0 radical (unpaired) electrons. The van der Waals surface area contributed by atoms with Crippen LogP contribution in [-0.4, -0.2) is 42.4 Å². The number of hydrogen-bond acceptors (Lipinski definition) is 5. The standard InChI is InChI=1S/C4H6O5.2C2H5.Sn/c5-2(4(8)9)1-3(6)7;2*1-2;/h2,5H,1H2,(H,6,7)(H,8,9);2*1H2,2H3;/q;;;+2/p-2. The molecule has 1 N–H and O–H groups in total. The van der Waals surface area contributed by atoms with E-state index in [9.17, 15) is 14.7 Å². The molecule has 1 fully saturated rings. The molecule has 0 amide bonds. The number of carbonyl (C=O) groups is 2. The molecule has 1 rings (SSSR count). The molecular formula is C8H14O5Sn. The van der Waals surface area contributed by atoms with Crippen LogP contribution in [0.2, 0.25) is 8.87 Å². The third-order valence-electron chi connectivity index (χ3n) is 2.30. The third kappa shape index (κ3) is 2.38. The Bertz CT molecular complexity index is 248. The first-order valence-electron chi connectivity index (χ1n) is 4.65. The molecule has 0 aromatic heterocycles. The van der Waals surface area contributed by atoms with Crippen molar-refractivity contribution in [2.45, 2.75) is 35.2 Å². The van der Waals surface area contributed by atoms with E-state index in [-0.39, 0.29) is 6.42 Å². The summed E-state index contributed by atoms with van der Waals surface area (Å²) < 4.78 is 11.5. The van der Waals surface area contributed by atoms with E-state index >= 15 is 0 Å². The van der Waals surface area contributed by atoms with Gasteiger partial charge in [0.15, 0.2) is 0 Å². The van der Waals surface area contributed by atoms with Crippen LogP contribution in [0.15, 0.2) is 0 Å². The second kappa shape index (κ2) is 4.48. The number of aliphatic hydroxyl groups is 1. The Morgan fingerprint density at radius 2 is 1.93 bits per heavy atom. The first kappa shape index (κ1) is 11.8. The summed E-state index contributed by atoms with van der Waals surface area (Å²) >= 11 is -3.49. The molecule has 14 heavy (non-hydrogen) atoms. The monoisotopic (exact) mass is 310 g/mol. The Kier molecular flexibility index (Phi) is 3.77. The molecule has 0 aliphatic carbocycles. The van der Waals surface area contributed by atoms with Crippen LogP contribution < -0.4 is 0 Å². The van der Waals surface area contributed by atoms with Crippen molar-refractivity contribution in [3.05, 3.63) is 0 Å². The van der Waals surface area contributed by atoms with Gasteiger partial charge >= 0.3 is 87.2 Å². The Morgan fingerprint density at radius 3 is 2.43 bits per heavy atom. The second-order valence-electron chi connectivity index (χ2n) is 3.23. The van der Waals surface area contributed by atoms with Gasteiger partial charge in [0.2, 0.25) is 0 Å². The predicted molar refractivity (Wildman–Crippen MR) is 49.5 cm³/mol. The molecule has 0 spiro atoms. The maximum atomic E-state index is 11.2. The van der Waals surface area contributed by atoms with Crippen LogP contribution in [0, 0.1) is 0 Å². The molecule has 0 aromatic rings. The predicted octanol–water partition coefficient (Wildman–Crippen LogP) is 0.319. The Balaban J connectivity index is 2.88. The van der Waals surface area contributed by atoms with Crippen LogP contribution in [-0.2, 0) is 15.7 Å². The number of carbonyl (C=O) groups excluding carboxylic acids is 2. The van der Waals surface area contributed by atoms with Gasteiger partial charge in [-0.3, -0.25) is 0 Å². The van der Waals surface area contributed by atoms with E-state index in [0.29, 0.717) is 8.87 Å². The second-order valence-corrected chi connectivity index (χ2v) is 13.6. The maximum absolute atomic E-state index is 11.2. The van der Waals surface area contributed by atoms with Crippen LogP contribution >= 0.6 is 0 Å². The van der Waals surface area contributed by atoms with Gasteiger partial charge in [-0.1, -0.05) is 0 Å². The Morgan fingerprint density at radius 1 is 1.36 bits per heavy atom. The molecule has 1 heterocycles. The minimum absolute atomic E-state index is 0.280. The normalized spacial score (nSPS) is 26.4. The molecular weight excluding hydrogens is 295 g/mol. The van der Waals surface area contributed by atoms with E-state index in [1.165, 1.54) is 0 Å². The summed E-state index contributed by atoms with van der Waals surface area (Å²) in [5.74, 6) is -1.21. The zero-order valence-corrected chi connectivity index (χ0v) is 11.1. The van der Waals surface area contributed by atoms with Crippen molar-refractivity contribution < 1.29 is 20.8 Å². The molecule has 80 valence electrons. The van der Waals surface area contributed by atoms with E-state index in [2.05, 4.69) is 0 Å². The van der Waals surface area contributed by atoms with Crippen molar-refractivity contribution in [3.8, 4) is 0 Å². The van der Waals surface area contributed by atoms with Gasteiger partial charge in [0.25, 0.3) is 0 Å². The molecule has 1 atom stereocenters. The van der Waals surface area contributed by atoms with Gasteiger partial charge in [-0.25, -0.2) is 0 Å². The van der Waals surface area contributed by atoms with Crippen molar-refractivity contribution in [1.82, 2.24) is 0 Å². The minimum atomic E-state index is -3.49. The van der Waals surface area contributed by atoms with Gasteiger partial charge in [0.05, 0.1) is 0 Å². The molecule has 1 aliphatic heterocycles. The number of aliphatic hydroxyl groups excluding tert-OH is 1. The fraction of sp³-hybridized carbons (Fsp3) is 0.750. The molecule has 0 saturated carbocycles. The number of hydrogen-bond donors (Lipinski definition) is 1. The zero-order chi connectivity index (χ0) is 10.8. The third-order valence-corrected chi connectivity index (χ3v) is 11.8. The molecule has 5 nitrogen and oxygen atoms in total. The van der Waals surface area contributed by atoms with E-state index < -0.39 is 37.2 Å². The van der Waals surface area contributed by atoms with Gasteiger partial charge in [0.1, 0.15) is 0 Å². The van der Waals surface area contributed by atoms with Crippen molar-refractivity contribution in [3.63, 3.8) is 0 Å². The van der Waals surface area contributed by atoms with Crippen LogP contribution in [0.1, 0.15) is 20.3 Å². The molecule has 0 aromatic carbocycles. The van der Waals surface area contributed by atoms with Crippen molar-refractivity contribution in [2.75, 3.05) is 0 Å². The quantitative estimate of drug-likeness (QED) is 0.744.